The summed E-state index contributed by atoms with van der Waals surface area (Å²) in [6.45, 7) is 0.168. The molecule has 0 radical (unpaired) electrons. The molecule has 2 amide bonds. The van der Waals surface area contributed by atoms with Gasteiger partial charge in [0.1, 0.15) is 4.32 Å². The molecule has 1 saturated heterocycles. The van der Waals surface area contributed by atoms with Gasteiger partial charge in [-0.05, 0) is 11.6 Å². The lowest BCUT2D eigenvalue weighted by molar-refractivity contribution is -0.305. The van der Waals surface area contributed by atoms with Crippen LogP contribution in [-0.4, -0.2) is 40.1 Å². The summed E-state index contributed by atoms with van der Waals surface area (Å²) in [5.74, 6) is -1.79. The largest absolute Gasteiger partial charge is 0.550 e. The van der Waals surface area contributed by atoms with Crippen molar-refractivity contribution in [2.24, 2.45) is 0 Å². The number of carboxylic acids is 1. The standard InChI is InChI=1S/C16H16N2O4S2/c19-13(17-8-6-14(20)21)7-9-18-15(22)12(24-16(18)23)10-11-4-2-1-3-5-11/h1-5,10H,6-9H2,(H,17,19)(H,20,21)/p-1/b12-10+. The fraction of sp³-hybridized carbons (Fsp3) is 0.250. The Morgan fingerprint density at radius 1 is 1.25 bits per heavy atom. The van der Waals surface area contributed by atoms with Crippen molar-refractivity contribution in [2.75, 3.05) is 13.1 Å². The molecule has 0 aliphatic carbocycles. The van der Waals surface area contributed by atoms with Crippen LogP contribution in [0.4, 0.5) is 0 Å². The van der Waals surface area contributed by atoms with E-state index < -0.39 is 5.97 Å². The van der Waals surface area contributed by atoms with Gasteiger partial charge in [0.05, 0.1) is 4.91 Å². The van der Waals surface area contributed by atoms with Crippen molar-refractivity contribution in [3.8, 4) is 0 Å². The zero-order valence-electron chi connectivity index (χ0n) is 12.7. The van der Waals surface area contributed by atoms with Gasteiger partial charge in [-0.3, -0.25) is 14.5 Å². The second kappa shape index (κ2) is 8.60. The van der Waals surface area contributed by atoms with E-state index in [0.717, 1.165) is 5.56 Å². The van der Waals surface area contributed by atoms with E-state index in [2.05, 4.69) is 5.32 Å². The Morgan fingerprint density at radius 2 is 1.96 bits per heavy atom. The van der Waals surface area contributed by atoms with Crippen molar-refractivity contribution in [2.45, 2.75) is 12.8 Å². The number of carbonyl (C=O) groups is 3. The normalized spacial score (nSPS) is 15.8. The van der Waals surface area contributed by atoms with Gasteiger partial charge in [0.15, 0.2) is 0 Å². The molecule has 0 bridgehead atoms. The molecular formula is C16H15N2O4S2-. The lowest BCUT2D eigenvalue weighted by Gasteiger charge is -2.14. The molecule has 6 nitrogen and oxygen atoms in total. The van der Waals surface area contributed by atoms with Gasteiger partial charge in [0, 0.05) is 31.9 Å². The van der Waals surface area contributed by atoms with Crippen molar-refractivity contribution in [3.05, 3.63) is 40.8 Å². The van der Waals surface area contributed by atoms with Crippen molar-refractivity contribution >= 4 is 52.2 Å². The molecule has 1 fully saturated rings. The summed E-state index contributed by atoms with van der Waals surface area (Å²) in [4.78, 5) is 36.2. The molecule has 1 aromatic rings. The number of thioether (sulfide) groups is 1. The molecule has 126 valence electrons. The molecule has 8 heteroatoms. The van der Waals surface area contributed by atoms with Crippen LogP contribution in [0.1, 0.15) is 18.4 Å². The van der Waals surface area contributed by atoms with Crippen LogP contribution in [0.2, 0.25) is 0 Å². The molecule has 0 saturated carbocycles. The number of hydrogen-bond acceptors (Lipinski definition) is 6. The first-order valence-corrected chi connectivity index (χ1v) is 8.47. The summed E-state index contributed by atoms with van der Waals surface area (Å²) in [6.07, 6.45) is 1.57. The minimum atomic E-state index is -1.22. The number of nitrogens with one attached hydrogen (secondary N) is 1. The van der Waals surface area contributed by atoms with Crippen LogP contribution in [0, 0.1) is 0 Å². The molecule has 2 rings (SSSR count). The Bertz CT molecular complexity index is 689. The van der Waals surface area contributed by atoms with E-state index in [9.17, 15) is 19.5 Å². The monoisotopic (exact) mass is 363 g/mol. The minimum absolute atomic E-state index is 0.00741. The molecule has 0 unspecified atom stereocenters. The number of nitrogens with zero attached hydrogens (tertiary/aromatic N) is 1. The maximum atomic E-state index is 12.4. The third-order valence-electron chi connectivity index (χ3n) is 3.18. The second-order valence-electron chi connectivity index (χ2n) is 4.97. The van der Waals surface area contributed by atoms with Crippen LogP contribution in [0.25, 0.3) is 6.08 Å². The van der Waals surface area contributed by atoms with Gasteiger partial charge in [0.2, 0.25) is 5.91 Å². The SMILES string of the molecule is O=C([O-])CCNC(=O)CCN1C(=O)/C(=C\c2ccccc2)SC1=S. The number of carboxylic acid groups (broad SMARTS) is 1. The number of thiocarbonyl (C=S) groups is 1. The van der Waals surface area contributed by atoms with Gasteiger partial charge in [-0.15, -0.1) is 0 Å². The summed E-state index contributed by atoms with van der Waals surface area (Å²) >= 11 is 6.40. The molecule has 0 spiro atoms. The predicted molar refractivity (Wildman–Crippen MR) is 93.6 cm³/mol. The van der Waals surface area contributed by atoms with Crippen LogP contribution >= 0.6 is 24.0 Å². The van der Waals surface area contributed by atoms with Crippen LogP contribution in [0.3, 0.4) is 0 Å². The number of amides is 2. The average Bonchev–Trinajstić information content (AvgIpc) is 2.80. The lowest BCUT2D eigenvalue weighted by Crippen LogP contribution is -2.35. The summed E-state index contributed by atoms with van der Waals surface area (Å²) in [7, 11) is 0. The van der Waals surface area contributed by atoms with E-state index in [-0.39, 0.29) is 37.7 Å². The molecule has 0 atom stereocenters. The Kier molecular flexibility index (Phi) is 6.51. The topological polar surface area (TPSA) is 89.5 Å². The molecular weight excluding hydrogens is 348 g/mol. The number of benzene rings is 1. The van der Waals surface area contributed by atoms with Gasteiger partial charge in [-0.2, -0.15) is 0 Å². The summed E-state index contributed by atoms with van der Waals surface area (Å²) in [6, 6.07) is 9.42. The first-order valence-electron chi connectivity index (χ1n) is 7.24. The van der Waals surface area contributed by atoms with Gasteiger partial charge < -0.3 is 15.2 Å². The lowest BCUT2D eigenvalue weighted by atomic mass is 10.2. The van der Waals surface area contributed by atoms with E-state index in [4.69, 9.17) is 12.2 Å². The highest BCUT2D eigenvalue weighted by atomic mass is 32.2. The molecule has 0 aromatic heterocycles. The first-order chi connectivity index (χ1) is 11.5. The van der Waals surface area contributed by atoms with Crippen molar-refractivity contribution in [1.82, 2.24) is 10.2 Å². The third-order valence-corrected chi connectivity index (χ3v) is 4.56. The summed E-state index contributed by atoms with van der Waals surface area (Å²) < 4.78 is 0.407. The molecule has 1 aliphatic rings. The maximum absolute atomic E-state index is 12.4. The van der Waals surface area contributed by atoms with E-state index >= 15 is 0 Å². The van der Waals surface area contributed by atoms with Crippen LogP contribution in [0.5, 0.6) is 0 Å². The molecule has 1 aromatic carbocycles. The van der Waals surface area contributed by atoms with E-state index in [1.165, 1.54) is 16.7 Å². The summed E-state index contributed by atoms with van der Waals surface area (Å²) in [5, 5.41) is 12.7. The molecule has 1 aliphatic heterocycles. The fourth-order valence-corrected chi connectivity index (χ4v) is 3.31. The van der Waals surface area contributed by atoms with Gasteiger partial charge in [-0.1, -0.05) is 54.3 Å². The maximum Gasteiger partial charge on any atom is 0.266 e. The Morgan fingerprint density at radius 3 is 2.62 bits per heavy atom. The Balaban J connectivity index is 1.89. The van der Waals surface area contributed by atoms with Gasteiger partial charge in [0.25, 0.3) is 5.91 Å². The van der Waals surface area contributed by atoms with E-state index in [0.29, 0.717) is 9.23 Å². The van der Waals surface area contributed by atoms with Crippen LogP contribution < -0.4 is 10.4 Å². The average molecular weight is 363 g/mol. The zero-order valence-corrected chi connectivity index (χ0v) is 14.3. The first kappa shape index (κ1) is 18.2. The number of rotatable bonds is 7. The molecule has 24 heavy (non-hydrogen) atoms. The highest BCUT2D eigenvalue weighted by Crippen LogP contribution is 2.32. The van der Waals surface area contributed by atoms with E-state index in [1.807, 2.05) is 30.3 Å². The van der Waals surface area contributed by atoms with Crippen molar-refractivity contribution < 1.29 is 19.5 Å². The minimum Gasteiger partial charge on any atom is -0.550 e. The Labute approximate surface area is 148 Å². The van der Waals surface area contributed by atoms with Gasteiger partial charge >= 0.3 is 0 Å². The van der Waals surface area contributed by atoms with Crippen molar-refractivity contribution in [1.29, 1.82) is 0 Å². The van der Waals surface area contributed by atoms with E-state index in [1.54, 1.807) is 6.08 Å². The Hall–Kier alpha value is -2.19. The zero-order chi connectivity index (χ0) is 17.5. The number of hydrogen-bond donors (Lipinski definition) is 1. The smallest absolute Gasteiger partial charge is 0.266 e. The van der Waals surface area contributed by atoms with Crippen LogP contribution in [0.15, 0.2) is 35.2 Å². The molecule has 1 heterocycles. The highest BCUT2D eigenvalue weighted by Gasteiger charge is 2.31. The number of aliphatic carboxylic acids is 1. The number of carbonyl (C=O) groups excluding carboxylic acids is 3. The highest BCUT2D eigenvalue weighted by molar-refractivity contribution is 8.26. The third kappa shape index (κ3) is 5.17. The second-order valence-corrected chi connectivity index (χ2v) is 6.64. The van der Waals surface area contributed by atoms with Gasteiger partial charge in [-0.25, -0.2) is 0 Å². The van der Waals surface area contributed by atoms with Crippen molar-refractivity contribution in [3.63, 3.8) is 0 Å². The molecule has 1 N–H and O–H groups in total. The quantitative estimate of drug-likeness (QED) is 0.562. The van der Waals surface area contributed by atoms with Crippen LogP contribution in [-0.2, 0) is 14.4 Å². The predicted octanol–water partition coefficient (Wildman–Crippen LogP) is 0.534. The summed E-state index contributed by atoms with van der Waals surface area (Å²) in [5.41, 5.74) is 0.901. The fourth-order valence-electron chi connectivity index (χ4n) is 2.00.